The van der Waals surface area contributed by atoms with Crippen molar-refractivity contribution in [3.8, 4) is 0 Å². The normalized spacial score (nSPS) is 35.7. The summed E-state index contributed by atoms with van der Waals surface area (Å²) >= 11 is 0. The molecule has 0 spiro atoms. The van der Waals surface area contributed by atoms with Crippen molar-refractivity contribution in [1.82, 2.24) is 0 Å². The smallest absolute Gasteiger partial charge is 0.310 e. The Morgan fingerprint density at radius 3 is 2.20 bits per heavy atom. The average Bonchev–Trinajstić information content (AvgIpc) is 2.44. The van der Waals surface area contributed by atoms with Gasteiger partial charge in [0.1, 0.15) is 0 Å². The molecule has 0 amide bonds. The van der Waals surface area contributed by atoms with Crippen LogP contribution in [0.3, 0.4) is 0 Å². The molecule has 1 fully saturated rings. The van der Waals surface area contributed by atoms with Gasteiger partial charge in [0.15, 0.2) is 0 Å². The summed E-state index contributed by atoms with van der Waals surface area (Å²) in [5, 5.41) is 18.3. The molecule has 15 heavy (non-hydrogen) atoms. The zero-order valence-electron chi connectivity index (χ0n) is 9.36. The van der Waals surface area contributed by atoms with E-state index in [0.29, 0.717) is 12.8 Å². The van der Waals surface area contributed by atoms with E-state index in [0.717, 1.165) is 0 Å². The van der Waals surface area contributed by atoms with Gasteiger partial charge in [-0.05, 0) is 31.6 Å². The number of carbonyl (C=O) groups is 2. The van der Waals surface area contributed by atoms with Gasteiger partial charge in [-0.1, -0.05) is 13.8 Å². The Bertz CT molecular complexity index is 284. The lowest BCUT2D eigenvalue weighted by Crippen LogP contribution is -2.39. The highest BCUT2D eigenvalue weighted by Crippen LogP contribution is 2.49. The van der Waals surface area contributed by atoms with Crippen molar-refractivity contribution in [1.29, 1.82) is 0 Å². The van der Waals surface area contributed by atoms with Crippen LogP contribution in [0.4, 0.5) is 0 Å². The van der Waals surface area contributed by atoms with Gasteiger partial charge >= 0.3 is 11.9 Å². The second-order valence-corrected chi connectivity index (χ2v) is 4.99. The van der Waals surface area contributed by atoms with Gasteiger partial charge in [-0.3, -0.25) is 9.59 Å². The molecule has 0 heterocycles. The molecule has 0 radical (unpaired) electrons. The molecule has 1 aliphatic rings. The van der Waals surface area contributed by atoms with E-state index in [4.69, 9.17) is 10.2 Å². The number of aliphatic carboxylic acids is 2. The molecular formula is C11H18O4. The second-order valence-electron chi connectivity index (χ2n) is 4.99. The van der Waals surface area contributed by atoms with Crippen LogP contribution in [0.5, 0.6) is 0 Å². The van der Waals surface area contributed by atoms with Crippen LogP contribution in [0.1, 0.15) is 33.6 Å². The Kier molecular flexibility index (Phi) is 3.07. The van der Waals surface area contributed by atoms with E-state index < -0.39 is 23.3 Å². The molecule has 2 N–H and O–H groups in total. The maximum absolute atomic E-state index is 11.2. The Morgan fingerprint density at radius 2 is 1.87 bits per heavy atom. The first kappa shape index (κ1) is 12.0. The van der Waals surface area contributed by atoms with Crippen molar-refractivity contribution in [2.45, 2.75) is 33.6 Å². The molecule has 0 aliphatic heterocycles. The molecule has 1 aliphatic carbocycles. The Balaban J connectivity index is 3.04. The van der Waals surface area contributed by atoms with Gasteiger partial charge in [0, 0.05) is 0 Å². The van der Waals surface area contributed by atoms with E-state index in [1.807, 2.05) is 13.8 Å². The summed E-state index contributed by atoms with van der Waals surface area (Å²) in [5.41, 5.74) is -1.10. The Labute approximate surface area is 89.3 Å². The zero-order chi connectivity index (χ0) is 11.8. The van der Waals surface area contributed by atoms with Crippen LogP contribution in [0, 0.1) is 23.2 Å². The quantitative estimate of drug-likeness (QED) is 0.751. The minimum atomic E-state index is -1.10. The molecule has 1 saturated carbocycles. The Morgan fingerprint density at radius 1 is 1.33 bits per heavy atom. The predicted octanol–water partition coefficient (Wildman–Crippen LogP) is 1.84. The molecule has 0 aromatic carbocycles. The molecule has 0 saturated heterocycles. The van der Waals surface area contributed by atoms with Crippen molar-refractivity contribution in [2.75, 3.05) is 0 Å². The van der Waals surface area contributed by atoms with Gasteiger partial charge in [0.05, 0.1) is 11.3 Å². The van der Waals surface area contributed by atoms with E-state index in [1.165, 1.54) is 0 Å². The van der Waals surface area contributed by atoms with Gasteiger partial charge < -0.3 is 10.2 Å². The largest absolute Gasteiger partial charge is 0.481 e. The molecule has 4 nitrogen and oxygen atoms in total. The third-order valence-electron chi connectivity index (χ3n) is 3.72. The molecule has 1 rings (SSSR count). The minimum absolute atomic E-state index is 0.0244. The molecule has 3 atom stereocenters. The molecule has 3 unspecified atom stereocenters. The molecule has 86 valence electrons. The highest BCUT2D eigenvalue weighted by Gasteiger charge is 2.54. The maximum atomic E-state index is 11.2. The highest BCUT2D eigenvalue weighted by molar-refractivity contribution is 5.84. The van der Waals surface area contributed by atoms with E-state index >= 15 is 0 Å². The summed E-state index contributed by atoms with van der Waals surface area (Å²) in [7, 11) is 0. The maximum Gasteiger partial charge on any atom is 0.310 e. The van der Waals surface area contributed by atoms with Crippen molar-refractivity contribution in [2.24, 2.45) is 23.2 Å². The van der Waals surface area contributed by atoms with Crippen LogP contribution in [0.25, 0.3) is 0 Å². The van der Waals surface area contributed by atoms with E-state index in [-0.39, 0.29) is 11.8 Å². The molecule has 0 bridgehead atoms. The lowest BCUT2D eigenvalue weighted by molar-refractivity contribution is -0.161. The lowest BCUT2D eigenvalue weighted by atomic mass is 9.74. The van der Waals surface area contributed by atoms with Crippen LogP contribution >= 0.6 is 0 Å². The zero-order valence-corrected chi connectivity index (χ0v) is 9.36. The number of hydrogen-bond donors (Lipinski definition) is 2. The van der Waals surface area contributed by atoms with Crippen LogP contribution in [-0.2, 0) is 9.59 Å². The average molecular weight is 214 g/mol. The van der Waals surface area contributed by atoms with Gasteiger partial charge in [-0.2, -0.15) is 0 Å². The molecular weight excluding hydrogens is 196 g/mol. The van der Waals surface area contributed by atoms with Gasteiger partial charge in [-0.15, -0.1) is 0 Å². The first-order valence-electron chi connectivity index (χ1n) is 5.27. The number of hydrogen-bond acceptors (Lipinski definition) is 2. The summed E-state index contributed by atoms with van der Waals surface area (Å²) < 4.78 is 0. The SMILES string of the molecule is CC(C)C1CCC(C)(C(=O)O)C1C(=O)O. The summed E-state index contributed by atoms with van der Waals surface area (Å²) in [4.78, 5) is 22.3. The van der Waals surface area contributed by atoms with Crippen LogP contribution in [0.2, 0.25) is 0 Å². The highest BCUT2D eigenvalue weighted by atomic mass is 16.4. The minimum Gasteiger partial charge on any atom is -0.481 e. The summed E-state index contributed by atoms with van der Waals surface area (Å²) in [5.74, 6) is -2.53. The van der Waals surface area contributed by atoms with Gasteiger partial charge in [0.25, 0.3) is 0 Å². The second kappa shape index (κ2) is 3.83. The van der Waals surface area contributed by atoms with E-state index in [2.05, 4.69) is 0 Å². The van der Waals surface area contributed by atoms with E-state index in [9.17, 15) is 9.59 Å². The lowest BCUT2D eigenvalue weighted by Gasteiger charge is -2.28. The van der Waals surface area contributed by atoms with Gasteiger partial charge in [0.2, 0.25) is 0 Å². The number of carboxylic acid groups (broad SMARTS) is 2. The first-order valence-corrected chi connectivity index (χ1v) is 5.27. The molecule has 0 aromatic rings. The van der Waals surface area contributed by atoms with Crippen LogP contribution < -0.4 is 0 Å². The summed E-state index contributed by atoms with van der Waals surface area (Å²) in [6, 6.07) is 0. The van der Waals surface area contributed by atoms with Crippen molar-refractivity contribution in [3.05, 3.63) is 0 Å². The fraction of sp³-hybridized carbons (Fsp3) is 0.818. The Hall–Kier alpha value is -1.06. The van der Waals surface area contributed by atoms with Crippen molar-refractivity contribution < 1.29 is 19.8 Å². The number of carboxylic acids is 2. The fourth-order valence-electron chi connectivity index (χ4n) is 2.68. The summed E-state index contributed by atoms with van der Waals surface area (Å²) in [6.45, 7) is 5.46. The molecule has 0 aromatic heterocycles. The fourth-order valence-corrected chi connectivity index (χ4v) is 2.68. The van der Waals surface area contributed by atoms with Gasteiger partial charge in [-0.25, -0.2) is 0 Å². The van der Waals surface area contributed by atoms with Crippen molar-refractivity contribution >= 4 is 11.9 Å². The van der Waals surface area contributed by atoms with E-state index in [1.54, 1.807) is 6.92 Å². The number of rotatable bonds is 3. The third-order valence-corrected chi connectivity index (χ3v) is 3.72. The monoisotopic (exact) mass is 214 g/mol. The summed E-state index contributed by atoms with van der Waals surface area (Å²) in [6.07, 6.45) is 1.15. The van der Waals surface area contributed by atoms with Crippen LogP contribution in [0.15, 0.2) is 0 Å². The third kappa shape index (κ3) is 1.85. The van der Waals surface area contributed by atoms with Crippen molar-refractivity contribution in [3.63, 3.8) is 0 Å². The standard InChI is InChI=1S/C11H18O4/c1-6(2)7-4-5-11(3,10(14)15)8(7)9(12)13/h6-8H,4-5H2,1-3H3,(H,12,13)(H,14,15). The topological polar surface area (TPSA) is 74.6 Å². The van der Waals surface area contributed by atoms with Crippen LogP contribution in [-0.4, -0.2) is 22.2 Å². The first-order chi connectivity index (χ1) is 6.80. The molecule has 4 heteroatoms. The predicted molar refractivity (Wildman–Crippen MR) is 54.4 cm³/mol.